The van der Waals surface area contributed by atoms with E-state index in [-0.39, 0.29) is 10.6 Å². The van der Waals surface area contributed by atoms with Gasteiger partial charge in [0, 0.05) is 36.2 Å². The van der Waals surface area contributed by atoms with Crippen LogP contribution in [0, 0.1) is 6.92 Å². The van der Waals surface area contributed by atoms with Crippen molar-refractivity contribution >= 4 is 27.1 Å². The first-order valence-electron chi connectivity index (χ1n) is 10.9. The number of hydrogen-bond donors (Lipinski definition) is 1. The monoisotopic (exact) mass is 520 g/mol. The van der Waals surface area contributed by atoms with Crippen LogP contribution in [0.1, 0.15) is 21.5 Å². The molecule has 2 aromatic carbocycles. The fourth-order valence-corrected chi connectivity index (χ4v) is 4.57. The van der Waals surface area contributed by atoms with Crippen molar-refractivity contribution in [2.45, 2.75) is 18.1 Å². The fraction of sp³-hybridized carbons (Fsp3) is 0.292. The second kappa shape index (κ2) is 9.86. The molecule has 0 radical (unpaired) electrons. The van der Waals surface area contributed by atoms with E-state index in [0.29, 0.717) is 48.9 Å². The third kappa shape index (κ3) is 5.65. The van der Waals surface area contributed by atoms with Crippen molar-refractivity contribution in [2.24, 2.45) is 0 Å². The standard InChI is InChI=1S/C24H23F3N4O4S/c1-15-6-7-18(28-22(32)16-4-3-5-17(12-16)24(25,26)27)13-19(15)20-14-21(31-8-10-35-11-9-31)23(30-29-20)36(2,33)34/h3-7,12-14H,8-11H2,1-2H3,(H,28,32). The number of benzene rings is 2. The van der Waals surface area contributed by atoms with Gasteiger partial charge in [-0.2, -0.15) is 13.2 Å². The molecule has 0 aliphatic carbocycles. The summed E-state index contributed by atoms with van der Waals surface area (Å²) in [6.07, 6.45) is -3.50. The lowest BCUT2D eigenvalue weighted by molar-refractivity contribution is -0.137. The quantitative estimate of drug-likeness (QED) is 0.543. The van der Waals surface area contributed by atoms with Crippen LogP contribution in [0.3, 0.4) is 0 Å². The van der Waals surface area contributed by atoms with Crippen LogP contribution in [0.5, 0.6) is 0 Å². The number of halogens is 3. The van der Waals surface area contributed by atoms with Crippen molar-refractivity contribution in [1.29, 1.82) is 0 Å². The second-order valence-corrected chi connectivity index (χ2v) is 10.3. The van der Waals surface area contributed by atoms with Crippen LogP contribution in [0.4, 0.5) is 24.5 Å². The first-order valence-corrected chi connectivity index (χ1v) is 12.8. The molecule has 2 heterocycles. The van der Waals surface area contributed by atoms with E-state index >= 15 is 0 Å². The maximum absolute atomic E-state index is 13.0. The third-order valence-electron chi connectivity index (χ3n) is 5.67. The number of sulfone groups is 1. The number of ether oxygens (including phenoxy) is 1. The van der Waals surface area contributed by atoms with E-state index in [1.54, 1.807) is 24.3 Å². The molecule has 1 aliphatic heterocycles. The van der Waals surface area contributed by atoms with Gasteiger partial charge in [-0.05, 0) is 48.9 Å². The Kier molecular flexibility index (Phi) is 7.01. The largest absolute Gasteiger partial charge is 0.416 e. The zero-order valence-electron chi connectivity index (χ0n) is 19.5. The van der Waals surface area contributed by atoms with Gasteiger partial charge in [-0.15, -0.1) is 10.2 Å². The predicted molar refractivity (Wildman–Crippen MR) is 128 cm³/mol. The summed E-state index contributed by atoms with van der Waals surface area (Å²) in [5, 5.41) is 10.6. The summed E-state index contributed by atoms with van der Waals surface area (Å²) in [5.41, 5.74) is 1.43. The molecule has 0 spiro atoms. The molecule has 1 fully saturated rings. The minimum Gasteiger partial charge on any atom is -0.378 e. The Labute approximate surface area is 206 Å². The molecule has 1 saturated heterocycles. The van der Waals surface area contributed by atoms with Crippen LogP contribution in [0.25, 0.3) is 11.3 Å². The van der Waals surface area contributed by atoms with Gasteiger partial charge >= 0.3 is 6.18 Å². The number of amides is 1. The Morgan fingerprint density at radius 2 is 1.78 bits per heavy atom. The maximum Gasteiger partial charge on any atom is 0.416 e. The van der Waals surface area contributed by atoms with E-state index in [4.69, 9.17) is 4.74 Å². The zero-order valence-corrected chi connectivity index (χ0v) is 20.3. The summed E-state index contributed by atoms with van der Waals surface area (Å²) in [6, 6.07) is 10.7. The number of carbonyl (C=O) groups is 1. The Morgan fingerprint density at radius 1 is 1.06 bits per heavy atom. The Hall–Kier alpha value is -3.51. The van der Waals surface area contributed by atoms with Gasteiger partial charge in [0.05, 0.1) is 30.2 Å². The summed E-state index contributed by atoms with van der Waals surface area (Å²) in [7, 11) is -3.65. The smallest absolute Gasteiger partial charge is 0.378 e. The average Bonchev–Trinajstić information content (AvgIpc) is 2.84. The van der Waals surface area contributed by atoms with E-state index in [2.05, 4.69) is 15.5 Å². The topological polar surface area (TPSA) is 101 Å². The Bertz CT molecular complexity index is 1400. The maximum atomic E-state index is 13.0. The lowest BCUT2D eigenvalue weighted by Crippen LogP contribution is -2.37. The van der Waals surface area contributed by atoms with Gasteiger partial charge in [-0.25, -0.2) is 8.42 Å². The molecule has 0 saturated carbocycles. The number of nitrogens with zero attached hydrogens (tertiary/aromatic N) is 3. The van der Waals surface area contributed by atoms with Gasteiger partial charge in [0.15, 0.2) is 9.84 Å². The molecule has 0 bridgehead atoms. The van der Waals surface area contributed by atoms with Crippen LogP contribution < -0.4 is 10.2 Å². The minimum absolute atomic E-state index is 0.139. The van der Waals surface area contributed by atoms with Crippen molar-refractivity contribution in [2.75, 3.05) is 42.8 Å². The summed E-state index contributed by atoms with van der Waals surface area (Å²) < 4.78 is 69.1. The molecule has 36 heavy (non-hydrogen) atoms. The Balaban J connectivity index is 1.68. The average molecular weight is 521 g/mol. The molecule has 0 unspecified atom stereocenters. The summed E-state index contributed by atoms with van der Waals surface area (Å²) >= 11 is 0. The molecule has 1 aliphatic rings. The molecule has 0 atom stereocenters. The highest BCUT2D eigenvalue weighted by Gasteiger charge is 2.31. The molecule has 1 amide bonds. The molecule has 8 nitrogen and oxygen atoms in total. The van der Waals surface area contributed by atoms with E-state index in [9.17, 15) is 26.4 Å². The van der Waals surface area contributed by atoms with Gasteiger partial charge in [0.1, 0.15) is 0 Å². The highest BCUT2D eigenvalue weighted by Crippen LogP contribution is 2.32. The molecule has 4 rings (SSSR count). The summed E-state index contributed by atoms with van der Waals surface area (Å²) in [4.78, 5) is 14.5. The van der Waals surface area contributed by atoms with Crippen molar-refractivity contribution in [3.63, 3.8) is 0 Å². The Morgan fingerprint density at radius 3 is 2.44 bits per heavy atom. The molecule has 3 aromatic rings. The van der Waals surface area contributed by atoms with Crippen molar-refractivity contribution in [1.82, 2.24) is 10.2 Å². The SMILES string of the molecule is Cc1ccc(NC(=O)c2cccc(C(F)(F)F)c2)cc1-c1cc(N2CCOCC2)c(S(C)(=O)=O)nn1. The number of aromatic nitrogens is 2. The third-order valence-corrected chi connectivity index (χ3v) is 6.66. The number of aryl methyl sites for hydroxylation is 1. The lowest BCUT2D eigenvalue weighted by Gasteiger charge is -2.29. The van der Waals surface area contributed by atoms with Crippen LogP contribution in [0.2, 0.25) is 0 Å². The molecular formula is C24H23F3N4O4S. The van der Waals surface area contributed by atoms with E-state index in [1.165, 1.54) is 12.1 Å². The first-order chi connectivity index (χ1) is 16.9. The fourth-order valence-electron chi connectivity index (χ4n) is 3.81. The van der Waals surface area contributed by atoms with Gasteiger partial charge in [-0.3, -0.25) is 4.79 Å². The first kappa shape index (κ1) is 25.6. The number of nitrogens with one attached hydrogen (secondary N) is 1. The minimum atomic E-state index is -4.57. The lowest BCUT2D eigenvalue weighted by atomic mass is 10.0. The predicted octanol–water partition coefficient (Wildman–Crippen LogP) is 3.96. The van der Waals surface area contributed by atoms with Crippen molar-refractivity contribution in [3.05, 3.63) is 65.2 Å². The van der Waals surface area contributed by atoms with Crippen molar-refractivity contribution in [3.8, 4) is 11.3 Å². The molecule has 1 aromatic heterocycles. The molecule has 12 heteroatoms. The molecule has 190 valence electrons. The van der Waals surface area contributed by atoms with Crippen LogP contribution >= 0.6 is 0 Å². The molecular weight excluding hydrogens is 497 g/mol. The number of hydrogen-bond acceptors (Lipinski definition) is 7. The highest BCUT2D eigenvalue weighted by atomic mass is 32.2. The van der Waals surface area contributed by atoms with E-state index in [0.717, 1.165) is 24.0 Å². The number of anilines is 2. The zero-order chi connectivity index (χ0) is 26.1. The number of morpholine rings is 1. The summed E-state index contributed by atoms with van der Waals surface area (Å²) in [6.45, 7) is 3.67. The highest BCUT2D eigenvalue weighted by molar-refractivity contribution is 7.90. The summed E-state index contributed by atoms with van der Waals surface area (Å²) in [5.74, 6) is -0.705. The van der Waals surface area contributed by atoms with Gasteiger partial charge < -0.3 is 15.0 Å². The van der Waals surface area contributed by atoms with Gasteiger partial charge in [-0.1, -0.05) is 12.1 Å². The number of rotatable bonds is 5. The normalized spacial score (nSPS) is 14.5. The van der Waals surface area contributed by atoms with E-state index in [1.807, 2.05) is 11.8 Å². The second-order valence-electron chi connectivity index (χ2n) is 8.35. The van der Waals surface area contributed by atoms with Crippen molar-refractivity contribution < 1.29 is 31.1 Å². The van der Waals surface area contributed by atoms with Crippen LogP contribution in [0.15, 0.2) is 53.6 Å². The van der Waals surface area contributed by atoms with Crippen LogP contribution in [-0.4, -0.2) is 57.1 Å². The van der Waals surface area contributed by atoms with E-state index < -0.39 is 27.5 Å². The van der Waals surface area contributed by atoms with Gasteiger partial charge in [0.2, 0.25) is 5.03 Å². The van der Waals surface area contributed by atoms with Crippen LogP contribution in [-0.2, 0) is 20.8 Å². The van der Waals surface area contributed by atoms with Gasteiger partial charge in [0.25, 0.3) is 5.91 Å². The molecule has 1 N–H and O–H groups in total. The number of alkyl halides is 3. The number of carbonyl (C=O) groups excluding carboxylic acids is 1.